The van der Waals surface area contributed by atoms with Crippen molar-refractivity contribution in [2.75, 3.05) is 33.8 Å². The minimum absolute atomic E-state index is 0.262. The third-order valence-electron chi connectivity index (χ3n) is 6.94. The largest absolute Gasteiger partial charge is 0.493 e. The Labute approximate surface area is 197 Å². The molecule has 3 heterocycles. The van der Waals surface area contributed by atoms with Crippen LogP contribution in [-0.4, -0.2) is 60.1 Å². The molecule has 0 amide bonds. The first kappa shape index (κ1) is 24.3. The number of Topliss-reactive ketones (excluding diaryl/α,β-unsaturated/α-hetero) is 1. The van der Waals surface area contributed by atoms with Gasteiger partial charge in [0.25, 0.3) is 5.78 Å². The number of hydrogen-bond donors (Lipinski definition) is 0. The maximum atomic E-state index is 13.1. The lowest BCUT2D eigenvalue weighted by Crippen LogP contribution is -2.56. The first-order valence-corrected chi connectivity index (χ1v) is 11.3. The number of allylic oxidation sites excluding steroid dienone is 1. The molecule has 4 rings (SSSR count). The molecular weight excluding hydrogens is 447 g/mol. The van der Waals surface area contributed by atoms with Gasteiger partial charge in [0.1, 0.15) is 0 Å². The van der Waals surface area contributed by atoms with Crippen LogP contribution in [0.4, 0.5) is 13.2 Å². The molecule has 0 radical (unpaired) electrons. The number of fused-ring (bicyclic) bond motifs is 2. The molecule has 0 saturated carbocycles. The molecule has 0 N–H and O–H groups in total. The maximum Gasteiger partial charge on any atom is 0.456 e. The number of hydrogen-bond acceptors (Lipinski definition) is 5. The standard InChI is InChI=1S/C25H30F3N3O3/c1-17(2)34-20-7-5-18(15-21(20)33-4)16-30-11-9-24(10-12-30)22-8-6-19(23(32)25(26,27)28)31(22)14-13-29(24)3/h5-8,15H,1,9-14,16H2,2-4H3. The molecule has 1 aromatic carbocycles. The molecular formula is C25H30F3N3O3. The first-order valence-electron chi connectivity index (χ1n) is 11.3. The number of methoxy groups -OCH3 is 1. The molecule has 9 heteroatoms. The highest BCUT2D eigenvalue weighted by molar-refractivity contribution is 5.99. The molecule has 2 aliphatic heterocycles. The number of likely N-dealkylation sites (tertiary alicyclic amines) is 1. The molecule has 0 unspecified atom stereocenters. The van der Waals surface area contributed by atoms with Crippen LogP contribution in [0.2, 0.25) is 0 Å². The van der Waals surface area contributed by atoms with Crippen molar-refractivity contribution >= 4 is 5.78 Å². The molecule has 2 aliphatic rings. The summed E-state index contributed by atoms with van der Waals surface area (Å²) in [6, 6.07) is 8.86. The Kier molecular flexibility index (Phi) is 6.52. The zero-order valence-electron chi connectivity index (χ0n) is 19.7. The lowest BCUT2D eigenvalue weighted by atomic mass is 9.81. The van der Waals surface area contributed by atoms with Crippen molar-refractivity contribution in [1.82, 2.24) is 14.4 Å². The number of halogens is 3. The van der Waals surface area contributed by atoms with Gasteiger partial charge in [-0.05, 0) is 56.6 Å². The monoisotopic (exact) mass is 477 g/mol. The van der Waals surface area contributed by atoms with Crippen molar-refractivity contribution in [2.45, 2.75) is 44.6 Å². The SMILES string of the molecule is C=C(C)Oc1ccc(CN2CCC3(CC2)c2ccc(C(=O)C(F)(F)F)n2CCN3C)cc1OC. The third-order valence-corrected chi connectivity index (χ3v) is 6.94. The molecule has 0 atom stereocenters. The van der Waals surface area contributed by atoms with E-state index in [1.807, 2.05) is 25.2 Å². The Morgan fingerprint density at radius 1 is 1.09 bits per heavy atom. The Morgan fingerprint density at radius 3 is 2.41 bits per heavy atom. The first-order chi connectivity index (χ1) is 16.0. The van der Waals surface area contributed by atoms with Crippen molar-refractivity contribution in [3.05, 3.63) is 59.6 Å². The lowest BCUT2D eigenvalue weighted by Gasteiger charge is -2.50. The van der Waals surface area contributed by atoms with E-state index in [0.717, 1.165) is 43.7 Å². The summed E-state index contributed by atoms with van der Waals surface area (Å²) in [6.45, 7) is 8.80. The zero-order chi connectivity index (χ0) is 24.7. The van der Waals surface area contributed by atoms with E-state index in [1.54, 1.807) is 24.7 Å². The van der Waals surface area contributed by atoms with E-state index >= 15 is 0 Å². The molecule has 2 aromatic rings. The Balaban J connectivity index is 1.50. The number of benzene rings is 1. The van der Waals surface area contributed by atoms with Crippen molar-refractivity contribution in [2.24, 2.45) is 0 Å². The van der Waals surface area contributed by atoms with Crippen LogP contribution in [0.15, 0.2) is 42.7 Å². The topological polar surface area (TPSA) is 46.9 Å². The van der Waals surface area contributed by atoms with E-state index in [9.17, 15) is 18.0 Å². The zero-order valence-corrected chi connectivity index (χ0v) is 19.7. The normalized spacial score (nSPS) is 18.5. The van der Waals surface area contributed by atoms with Crippen molar-refractivity contribution < 1.29 is 27.4 Å². The Hall–Kier alpha value is -2.78. The number of piperidine rings is 1. The van der Waals surface area contributed by atoms with E-state index in [-0.39, 0.29) is 11.2 Å². The van der Waals surface area contributed by atoms with Gasteiger partial charge in [-0.1, -0.05) is 12.6 Å². The summed E-state index contributed by atoms with van der Waals surface area (Å²) in [4.78, 5) is 16.5. The van der Waals surface area contributed by atoms with Gasteiger partial charge in [0.05, 0.1) is 24.1 Å². The van der Waals surface area contributed by atoms with Crippen LogP contribution in [0.5, 0.6) is 11.5 Å². The molecule has 34 heavy (non-hydrogen) atoms. The Bertz CT molecular complexity index is 1080. The summed E-state index contributed by atoms with van der Waals surface area (Å²) < 4.78 is 51.9. The van der Waals surface area contributed by atoms with Crippen LogP contribution >= 0.6 is 0 Å². The van der Waals surface area contributed by atoms with Crippen LogP contribution in [0.3, 0.4) is 0 Å². The molecule has 1 spiro atoms. The average Bonchev–Trinajstić information content (AvgIpc) is 3.22. The summed E-state index contributed by atoms with van der Waals surface area (Å²) in [5, 5.41) is 0. The second kappa shape index (κ2) is 9.11. The van der Waals surface area contributed by atoms with Crippen LogP contribution < -0.4 is 9.47 Å². The van der Waals surface area contributed by atoms with Crippen LogP contribution in [0, 0.1) is 0 Å². The number of carbonyl (C=O) groups excluding carboxylic acids is 1. The van der Waals surface area contributed by atoms with Crippen molar-refractivity contribution in [3.63, 3.8) is 0 Å². The molecule has 184 valence electrons. The predicted octanol–water partition coefficient (Wildman–Crippen LogP) is 4.59. The lowest BCUT2D eigenvalue weighted by molar-refractivity contribution is -0.0892. The molecule has 0 bridgehead atoms. The molecule has 1 saturated heterocycles. The molecule has 6 nitrogen and oxygen atoms in total. The number of rotatable bonds is 6. The van der Waals surface area contributed by atoms with Crippen molar-refractivity contribution in [3.8, 4) is 11.5 Å². The number of alkyl halides is 3. The van der Waals surface area contributed by atoms with E-state index in [0.29, 0.717) is 30.3 Å². The van der Waals surface area contributed by atoms with E-state index in [2.05, 4.69) is 16.4 Å². The van der Waals surface area contributed by atoms with Crippen LogP contribution in [-0.2, 0) is 18.6 Å². The fourth-order valence-corrected chi connectivity index (χ4v) is 5.18. The summed E-state index contributed by atoms with van der Waals surface area (Å²) in [5.41, 5.74) is 1.24. The maximum absolute atomic E-state index is 13.1. The number of ether oxygens (including phenoxy) is 2. The number of carbonyl (C=O) groups is 1. The van der Waals surface area contributed by atoms with Gasteiger partial charge in [-0.2, -0.15) is 13.2 Å². The Morgan fingerprint density at radius 2 is 1.79 bits per heavy atom. The van der Waals surface area contributed by atoms with E-state index in [1.165, 1.54) is 6.07 Å². The highest BCUT2D eigenvalue weighted by Gasteiger charge is 2.47. The van der Waals surface area contributed by atoms with E-state index in [4.69, 9.17) is 9.47 Å². The minimum Gasteiger partial charge on any atom is -0.493 e. The van der Waals surface area contributed by atoms with Gasteiger partial charge in [-0.25, -0.2) is 0 Å². The quantitative estimate of drug-likeness (QED) is 0.450. The summed E-state index contributed by atoms with van der Waals surface area (Å²) >= 11 is 0. The average molecular weight is 478 g/mol. The van der Waals surface area contributed by atoms with Crippen molar-refractivity contribution in [1.29, 1.82) is 0 Å². The van der Waals surface area contributed by atoms with Gasteiger partial charge < -0.3 is 14.0 Å². The van der Waals surface area contributed by atoms with Gasteiger partial charge in [0.15, 0.2) is 11.5 Å². The highest BCUT2D eigenvalue weighted by atomic mass is 19.4. The highest BCUT2D eigenvalue weighted by Crippen LogP contribution is 2.42. The van der Waals surface area contributed by atoms with Crippen LogP contribution in [0.25, 0.3) is 0 Å². The van der Waals surface area contributed by atoms with Gasteiger partial charge in [-0.3, -0.25) is 14.6 Å². The fourth-order valence-electron chi connectivity index (χ4n) is 5.18. The summed E-state index contributed by atoms with van der Waals surface area (Å²) in [7, 11) is 3.61. The summed E-state index contributed by atoms with van der Waals surface area (Å²) in [6.07, 6.45) is -3.34. The number of likely N-dealkylation sites (N-methyl/N-ethyl adjacent to an activating group) is 1. The molecule has 1 aromatic heterocycles. The van der Waals surface area contributed by atoms with Gasteiger partial charge in [0.2, 0.25) is 0 Å². The van der Waals surface area contributed by atoms with Gasteiger partial charge in [-0.15, -0.1) is 0 Å². The fraction of sp³-hybridized carbons (Fsp3) is 0.480. The molecule has 1 fully saturated rings. The molecule has 0 aliphatic carbocycles. The van der Waals surface area contributed by atoms with E-state index < -0.39 is 12.0 Å². The van der Waals surface area contributed by atoms with Gasteiger partial charge in [0, 0.05) is 38.4 Å². The summed E-state index contributed by atoms with van der Waals surface area (Å²) in [5.74, 6) is 0.0589. The smallest absolute Gasteiger partial charge is 0.456 e. The van der Waals surface area contributed by atoms with Gasteiger partial charge >= 0.3 is 6.18 Å². The minimum atomic E-state index is -4.87. The second-order valence-electron chi connectivity index (χ2n) is 9.10. The number of nitrogens with zero attached hydrogens (tertiary/aromatic N) is 3. The number of aromatic nitrogens is 1. The second-order valence-corrected chi connectivity index (χ2v) is 9.10. The number of ketones is 1. The third kappa shape index (κ3) is 4.46. The van der Waals surface area contributed by atoms with Crippen LogP contribution in [0.1, 0.15) is 41.5 Å². The predicted molar refractivity (Wildman–Crippen MR) is 122 cm³/mol.